The largest absolute Gasteiger partial charge is 0.481 e. The Balaban J connectivity index is 2.18. The molecular weight excluding hydrogens is 254 g/mol. The minimum atomic E-state index is -0.908. The Morgan fingerprint density at radius 3 is 2.50 bits per heavy atom. The SMILES string of the molecule is CC1=C[C@@H](C)[C@H](C(=O)O)[C@H](C(=O)Nc2ccccc2)C1. The standard InChI is InChI=1S/C16H19NO3/c1-10-8-11(2)14(16(19)20)13(9-10)15(18)17-12-6-4-3-5-7-12/h3-8,11,13-14H,9H2,1-2H3,(H,17,18)(H,19,20)/t11-,13-,14+/m1/s1. The third-order valence-electron chi connectivity index (χ3n) is 3.75. The molecule has 0 radical (unpaired) electrons. The molecule has 106 valence electrons. The van der Waals surface area contributed by atoms with Gasteiger partial charge in [-0.3, -0.25) is 9.59 Å². The Morgan fingerprint density at radius 1 is 1.25 bits per heavy atom. The van der Waals surface area contributed by atoms with E-state index in [1.165, 1.54) is 0 Å². The van der Waals surface area contributed by atoms with E-state index in [1.54, 1.807) is 12.1 Å². The minimum Gasteiger partial charge on any atom is -0.481 e. The monoisotopic (exact) mass is 273 g/mol. The van der Waals surface area contributed by atoms with Crippen molar-refractivity contribution in [3.8, 4) is 0 Å². The Hall–Kier alpha value is -2.10. The number of carbonyl (C=O) groups is 2. The summed E-state index contributed by atoms with van der Waals surface area (Å²) in [4.78, 5) is 23.8. The first-order valence-corrected chi connectivity index (χ1v) is 6.75. The number of hydrogen-bond donors (Lipinski definition) is 2. The van der Waals surface area contributed by atoms with Crippen molar-refractivity contribution in [2.75, 3.05) is 5.32 Å². The molecule has 0 aromatic heterocycles. The van der Waals surface area contributed by atoms with Crippen LogP contribution in [0.25, 0.3) is 0 Å². The summed E-state index contributed by atoms with van der Waals surface area (Å²) in [5.74, 6) is -2.44. The number of amides is 1. The van der Waals surface area contributed by atoms with Gasteiger partial charge in [0.25, 0.3) is 0 Å². The van der Waals surface area contributed by atoms with Crippen molar-refractivity contribution in [3.63, 3.8) is 0 Å². The third-order valence-corrected chi connectivity index (χ3v) is 3.75. The molecule has 1 amide bonds. The summed E-state index contributed by atoms with van der Waals surface area (Å²) in [5, 5.41) is 12.2. The highest BCUT2D eigenvalue weighted by Gasteiger charge is 2.39. The Morgan fingerprint density at radius 2 is 1.90 bits per heavy atom. The lowest BCUT2D eigenvalue weighted by Crippen LogP contribution is -2.39. The van der Waals surface area contributed by atoms with Gasteiger partial charge >= 0.3 is 5.97 Å². The van der Waals surface area contributed by atoms with Gasteiger partial charge in [0.15, 0.2) is 0 Å². The number of nitrogens with one attached hydrogen (secondary N) is 1. The zero-order chi connectivity index (χ0) is 14.7. The van der Waals surface area contributed by atoms with E-state index < -0.39 is 17.8 Å². The third kappa shape index (κ3) is 3.07. The number of benzene rings is 1. The highest BCUT2D eigenvalue weighted by Crippen LogP contribution is 2.34. The molecule has 0 heterocycles. The second-order valence-electron chi connectivity index (χ2n) is 5.40. The number of hydrogen-bond acceptors (Lipinski definition) is 2. The molecule has 1 aromatic rings. The van der Waals surface area contributed by atoms with Gasteiger partial charge in [-0.1, -0.05) is 36.8 Å². The molecule has 3 atom stereocenters. The normalized spacial score (nSPS) is 25.7. The average molecular weight is 273 g/mol. The summed E-state index contributed by atoms with van der Waals surface area (Å²) in [6.45, 7) is 3.79. The molecule has 1 aromatic carbocycles. The van der Waals surface area contributed by atoms with Crippen molar-refractivity contribution in [1.29, 1.82) is 0 Å². The topological polar surface area (TPSA) is 66.4 Å². The fourth-order valence-electron chi connectivity index (χ4n) is 2.87. The Labute approximate surface area is 118 Å². The molecule has 0 saturated carbocycles. The number of anilines is 1. The second kappa shape index (κ2) is 5.90. The maximum atomic E-state index is 12.4. The van der Waals surface area contributed by atoms with Crippen molar-refractivity contribution in [3.05, 3.63) is 42.0 Å². The van der Waals surface area contributed by atoms with Crippen LogP contribution in [0.5, 0.6) is 0 Å². The minimum absolute atomic E-state index is 0.132. The molecule has 0 fully saturated rings. The van der Waals surface area contributed by atoms with Crippen LogP contribution in [-0.4, -0.2) is 17.0 Å². The van der Waals surface area contributed by atoms with Gasteiger partial charge in [-0.05, 0) is 31.4 Å². The van der Waals surface area contributed by atoms with Crippen LogP contribution in [0.1, 0.15) is 20.3 Å². The first kappa shape index (κ1) is 14.3. The Bertz CT molecular complexity index is 536. The molecular formula is C16H19NO3. The van der Waals surface area contributed by atoms with Gasteiger partial charge in [0.05, 0.1) is 11.8 Å². The molecule has 1 aliphatic rings. The van der Waals surface area contributed by atoms with E-state index in [9.17, 15) is 14.7 Å². The summed E-state index contributed by atoms with van der Waals surface area (Å²) in [5.41, 5.74) is 1.77. The highest BCUT2D eigenvalue weighted by molar-refractivity contribution is 5.95. The van der Waals surface area contributed by atoms with Gasteiger partial charge in [0, 0.05) is 5.69 Å². The lowest BCUT2D eigenvalue weighted by Gasteiger charge is -2.31. The van der Waals surface area contributed by atoms with E-state index in [0.29, 0.717) is 12.1 Å². The maximum Gasteiger partial charge on any atom is 0.307 e. The molecule has 4 heteroatoms. The van der Waals surface area contributed by atoms with Crippen molar-refractivity contribution in [2.45, 2.75) is 20.3 Å². The van der Waals surface area contributed by atoms with E-state index >= 15 is 0 Å². The van der Waals surface area contributed by atoms with E-state index in [2.05, 4.69) is 5.32 Å². The van der Waals surface area contributed by atoms with Gasteiger partial charge in [-0.15, -0.1) is 0 Å². The lowest BCUT2D eigenvalue weighted by atomic mass is 9.73. The van der Waals surface area contributed by atoms with Gasteiger partial charge in [0.2, 0.25) is 5.91 Å². The van der Waals surface area contributed by atoms with Crippen molar-refractivity contribution in [1.82, 2.24) is 0 Å². The zero-order valence-electron chi connectivity index (χ0n) is 11.7. The van der Waals surface area contributed by atoms with E-state index in [4.69, 9.17) is 0 Å². The van der Waals surface area contributed by atoms with Crippen LogP contribution in [0, 0.1) is 17.8 Å². The molecule has 0 saturated heterocycles. The van der Waals surface area contributed by atoms with Crippen LogP contribution in [0.2, 0.25) is 0 Å². The lowest BCUT2D eigenvalue weighted by molar-refractivity contribution is -0.148. The molecule has 4 nitrogen and oxygen atoms in total. The van der Waals surface area contributed by atoms with Gasteiger partial charge in [0.1, 0.15) is 0 Å². The molecule has 2 N–H and O–H groups in total. The van der Waals surface area contributed by atoms with Crippen molar-refractivity contribution >= 4 is 17.6 Å². The van der Waals surface area contributed by atoms with Crippen LogP contribution in [0.15, 0.2) is 42.0 Å². The number of allylic oxidation sites excluding steroid dienone is 2. The molecule has 0 aliphatic heterocycles. The van der Waals surface area contributed by atoms with Crippen LogP contribution < -0.4 is 5.32 Å². The number of rotatable bonds is 3. The van der Waals surface area contributed by atoms with Crippen LogP contribution in [0.3, 0.4) is 0 Å². The van der Waals surface area contributed by atoms with Gasteiger partial charge < -0.3 is 10.4 Å². The number of para-hydroxylation sites is 1. The smallest absolute Gasteiger partial charge is 0.307 e. The predicted octanol–water partition coefficient (Wildman–Crippen LogP) is 2.93. The Kier molecular flexibility index (Phi) is 4.23. The molecule has 1 aliphatic carbocycles. The summed E-state index contributed by atoms with van der Waals surface area (Å²) in [6, 6.07) is 9.12. The average Bonchev–Trinajstić information content (AvgIpc) is 2.38. The molecule has 20 heavy (non-hydrogen) atoms. The summed E-state index contributed by atoms with van der Waals surface area (Å²) in [6.07, 6.45) is 2.45. The number of aliphatic carboxylic acids is 1. The summed E-state index contributed by atoms with van der Waals surface area (Å²) < 4.78 is 0. The van der Waals surface area contributed by atoms with Gasteiger partial charge in [-0.25, -0.2) is 0 Å². The summed E-state index contributed by atoms with van der Waals surface area (Å²) >= 11 is 0. The van der Waals surface area contributed by atoms with Crippen LogP contribution >= 0.6 is 0 Å². The quantitative estimate of drug-likeness (QED) is 0.832. The first-order chi connectivity index (χ1) is 9.49. The molecule has 0 bridgehead atoms. The fourth-order valence-corrected chi connectivity index (χ4v) is 2.87. The second-order valence-corrected chi connectivity index (χ2v) is 5.40. The van der Waals surface area contributed by atoms with Gasteiger partial charge in [-0.2, -0.15) is 0 Å². The number of carboxylic acid groups (broad SMARTS) is 1. The van der Waals surface area contributed by atoms with Crippen molar-refractivity contribution < 1.29 is 14.7 Å². The number of carboxylic acids is 1. The molecule has 0 unspecified atom stereocenters. The predicted molar refractivity (Wildman–Crippen MR) is 77.2 cm³/mol. The zero-order valence-corrected chi connectivity index (χ0v) is 11.7. The van der Waals surface area contributed by atoms with Crippen LogP contribution in [0.4, 0.5) is 5.69 Å². The molecule has 2 rings (SSSR count). The van der Waals surface area contributed by atoms with E-state index in [-0.39, 0.29) is 11.8 Å². The summed E-state index contributed by atoms with van der Waals surface area (Å²) in [7, 11) is 0. The maximum absolute atomic E-state index is 12.4. The highest BCUT2D eigenvalue weighted by atomic mass is 16.4. The van der Waals surface area contributed by atoms with E-state index in [1.807, 2.05) is 38.1 Å². The van der Waals surface area contributed by atoms with Crippen molar-refractivity contribution in [2.24, 2.45) is 17.8 Å². The molecule has 0 spiro atoms. The van der Waals surface area contributed by atoms with Crippen LogP contribution in [-0.2, 0) is 9.59 Å². The first-order valence-electron chi connectivity index (χ1n) is 6.75. The number of carbonyl (C=O) groups excluding carboxylic acids is 1. The van der Waals surface area contributed by atoms with E-state index in [0.717, 1.165) is 5.57 Å². The fraction of sp³-hybridized carbons (Fsp3) is 0.375.